The van der Waals surface area contributed by atoms with Crippen LogP contribution in [0.1, 0.15) is 59.8 Å². The summed E-state index contributed by atoms with van der Waals surface area (Å²) in [6.07, 6.45) is 5.66. The Hall–Kier alpha value is -0.570. The third-order valence-electron chi connectivity index (χ3n) is 3.36. The van der Waals surface area contributed by atoms with E-state index < -0.39 is 0 Å². The molecule has 3 heteroatoms. The fourth-order valence-corrected chi connectivity index (χ4v) is 2.51. The minimum atomic E-state index is 0.0743. The van der Waals surface area contributed by atoms with Gasteiger partial charge in [-0.1, -0.05) is 40.5 Å². The van der Waals surface area contributed by atoms with Crippen LogP contribution in [-0.2, 0) is 4.79 Å². The number of hydrogen-bond acceptors (Lipinski definition) is 2. The molecule has 2 unspecified atom stereocenters. The highest BCUT2D eigenvalue weighted by molar-refractivity contribution is 5.84. The van der Waals surface area contributed by atoms with Gasteiger partial charge in [-0.05, 0) is 25.2 Å². The lowest BCUT2D eigenvalue weighted by atomic mass is 10.1. The number of carbonyl (C=O) groups excluding carboxylic acids is 1. The molecule has 1 aliphatic rings. The molecule has 0 aromatic heterocycles. The van der Waals surface area contributed by atoms with Gasteiger partial charge < -0.3 is 4.90 Å². The molecule has 1 rings (SSSR count). The molecule has 1 N–H and O–H groups in total. The molecule has 100 valence electrons. The Kier molecular flexibility index (Phi) is 5.96. The number of unbranched alkanes of at least 4 members (excludes halogenated alkanes) is 1. The summed E-state index contributed by atoms with van der Waals surface area (Å²) >= 11 is 0. The zero-order chi connectivity index (χ0) is 12.8. The predicted molar refractivity (Wildman–Crippen MR) is 71.7 cm³/mol. The standard InChI is InChI=1S/C14H28N2O/c1-5-7-8-12-14(17)16(9-6-2)13(15-12)10-11(3)4/h11-13,15H,5-10H2,1-4H3. The molecule has 1 aliphatic heterocycles. The summed E-state index contributed by atoms with van der Waals surface area (Å²) < 4.78 is 0. The number of rotatable bonds is 7. The molecule has 1 fully saturated rings. The molecule has 17 heavy (non-hydrogen) atoms. The molecule has 1 heterocycles. The lowest BCUT2D eigenvalue weighted by molar-refractivity contribution is -0.130. The number of amides is 1. The smallest absolute Gasteiger partial charge is 0.241 e. The van der Waals surface area contributed by atoms with Gasteiger partial charge in [0.15, 0.2) is 0 Å². The van der Waals surface area contributed by atoms with Gasteiger partial charge in [-0.15, -0.1) is 0 Å². The first kappa shape index (κ1) is 14.5. The van der Waals surface area contributed by atoms with E-state index in [0.29, 0.717) is 11.8 Å². The monoisotopic (exact) mass is 240 g/mol. The van der Waals surface area contributed by atoms with Crippen LogP contribution in [0.4, 0.5) is 0 Å². The second-order valence-corrected chi connectivity index (χ2v) is 5.54. The average Bonchev–Trinajstić information content (AvgIpc) is 2.54. The van der Waals surface area contributed by atoms with Gasteiger partial charge in [-0.3, -0.25) is 10.1 Å². The Morgan fingerprint density at radius 3 is 2.53 bits per heavy atom. The molecule has 0 spiro atoms. The van der Waals surface area contributed by atoms with Crippen LogP contribution < -0.4 is 5.32 Å². The third-order valence-corrected chi connectivity index (χ3v) is 3.36. The van der Waals surface area contributed by atoms with Crippen LogP contribution in [0.25, 0.3) is 0 Å². The van der Waals surface area contributed by atoms with Crippen molar-refractivity contribution in [3.63, 3.8) is 0 Å². The maximum Gasteiger partial charge on any atom is 0.241 e. The first-order chi connectivity index (χ1) is 8.10. The van der Waals surface area contributed by atoms with Gasteiger partial charge in [0.25, 0.3) is 0 Å². The van der Waals surface area contributed by atoms with Crippen LogP contribution in [0.5, 0.6) is 0 Å². The van der Waals surface area contributed by atoms with Crippen LogP contribution >= 0.6 is 0 Å². The predicted octanol–water partition coefficient (Wildman–Crippen LogP) is 2.76. The van der Waals surface area contributed by atoms with E-state index in [-0.39, 0.29) is 12.2 Å². The molecule has 1 saturated heterocycles. The highest BCUT2D eigenvalue weighted by atomic mass is 16.2. The molecule has 0 radical (unpaired) electrons. The highest BCUT2D eigenvalue weighted by Gasteiger charge is 2.37. The van der Waals surface area contributed by atoms with E-state index in [4.69, 9.17) is 0 Å². The first-order valence-electron chi connectivity index (χ1n) is 7.16. The molecule has 0 saturated carbocycles. The van der Waals surface area contributed by atoms with E-state index in [0.717, 1.165) is 38.6 Å². The number of carbonyl (C=O) groups is 1. The largest absolute Gasteiger partial charge is 0.326 e. The van der Waals surface area contributed by atoms with Crippen molar-refractivity contribution in [3.8, 4) is 0 Å². The van der Waals surface area contributed by atoms with Gasteiger partial charge in [0, 0.05) is 6.54 Å². The van der Waals surface area contributed by atoms with E-state index in [1.807, 2.05) is 0 Å². The van der Waals surface area contributed by atoms with E-state index in [2.05, 4.69) is 37.9 Å². The molecule has 2 atom stereocenters. The maximum absolute atomic E-state index is 12.3. The van der Waals surface area contributed by atoms with E-state index in [9.17, 15) is 4.79 Å². The Morgan fingerprint density at radius 2 is 2.00 bits per heavy atom. The summed E-state index contributed by atoms with van der Waals surface area (Å²) in [5, 5.41) is 3.52. The van der Waals surface area contributed by atoms with Gasteiger partial charge in [-0.2, -0.15) is 0 Å². The fourth-order valence-electron chi connectivity index (χ4n) is 2.51. The SMILES string of the molecule is CCCCC1NC(CC(C)C)N(CCC)C1=O. The quantitative estimate of drug-likeness (QED) is 0.742. The Labute approximate surface area is 106 Å². The molecule has 0 bridgehead atoms. The minimum absolute atomic E-state index is 0.0743. The van der Waals surface area contributed by atoms with Crippen molar-refractivity contribution < 1.29 is 4.79 Å². The summed E-state index contributed by atoms with van der Waals surface area (Å²) in [4.78, 5) is 14.3. The van der Waals surface area contributed by atoms with E-state index in [1.165, 1.54) is 0 Å². The Bertz CT molecular complexity index is 240. The zero-order valence-corrected chi connectivity index (χ0v) is 11.8. The Morgan fingerprint density at radius 1 is 1.29 bits per heavy atom. The summed E-state index contributed by atoms with van der Waals surface area (Å²) in [7, 11) is 0. The second-order valence-electron chi connectivity index (χ2n) is 5.54. The third kappa shape index (κ3) is 3.98. The van der Waals surface area contributed by atoms with Crippen molar-refractivity contribution in [1.29, 1.82) is 0 Å². The van der Waals surface area contributed by atoms with Crippen molar-refractivity contribution >= 4 is 5.91 Å². The fraction of sp³-hybridized carbons (Fsp3) is 0.929. The molecule has 3 nitrogen and oxygen atoms in total. The van der Waals surface area contributed by atoms with Crippen molar-refractivity contribution in [1.82, 2.24) is 10.2 Å². The van der Waals surface area contributed by atoms with Crippen molar-refractivity contribution in [2.45, 2.75) is 72.0 Å². The van der Waals surface area contributed by atoms with Gasteiger partial charge in [0.2, 0.25) is 5.91 Å². The lowest BCUT2D eigenvalue weighted by Crippen LogP contribution is -2.38. The lowest BCUT2D eigenvalue weighted by Gasteiger charge is -2.25. The zero-order valence-electron chi connectivity index (χ0n) is 11.8. The van der Waals surface area contributed by atoms with E-state index in [1.54, 1.807) is 0 Å². The molecular formula is C14H28N2O. The van der Waals surface area contributed by atoms with Gasteiger partial charge in [-0.25, -0.2) is 0 Å². The van der Waals surface area contributed by atoms with Crippen molar-refractivity contribution in [2.24, 2.45) is 5.92 Å². The molecular weight excluding hydrogens is 212 g/mol. The number of nitrogens with one attached hydrogen (secondary N) is 1. The average molecular weight is 240 g/mol. The minimum Gasteiger partial charge on any atom is -0.326 e. The van der Waals surface area contributed by atoms with Crippen LogP contribution in [0.2, 0.25) is 0 Å². The second kappa shape index (κ2) is 7.00. The highest BCUT2D eigenvalue weighted by Crippen LogP contribution is 2.20. The number of nitrogens with zero attached hydrogens (tertiary/aromatic N) is 1. The van der Waals surface area contributed by atoms with Crippen LogP contribution in [0.3, 0.4) is 0 Å². The van der Waals surface area contributed by atoms with Crippen molar-refractivity contribution in [3.05, 3.63) is 0 Å². The van der Waals surface area contributed by atoms with Gasteiger partial charge in [0.1, 0.15) is 0 Å². The van der Waals surface area contributed by atoms with Gasteiger partial charge in [0.05, 0.1) is 12.2 Å². The maximum atomic E-state index is 12.3. The summed E-state index contributed by atoms with van der Waals surface area (Å²) in [5.74, 6) is 0.954. The summed E-state index contributed by atoms with van der Waals surface area (Å²) in [6, 6.07) is 0.0743. The Balaban J connectivity index is 2.60. The normalized spacial score (nSPS) is 25.0. The summed E-state index contributed by atoms with van der Waals surface area (Å²) in [6.45, 7) is 9.64. The van der Waals surface area contributed by atoms with Crippen LogP contribution in [0.15, 0.2) is 0 Å². The van der Waals surface area contributed by atoms with E-state index >= 15 is 0 Å². The topological polar surface area (TPSA) is 32.3 Å². The number of hydrogen-bond donors (Lipinski definition) is 1. The van der Waals surface area contributed by atoms with Gasteiger partial charge >= 0.3 is 0 Å². The molecule has 0 aromatic carbocycles. The van der Waals surface area contributed by atoms with Crippen LogP contribution in [-0.4, -0.2) is 29.6 Å². The van der Waals surface area contributed by atoms with Crippen LogP contribution in [0, 0.1) is 5.92 Å². The molecule has 0 aliphatic carbocycles. The molecule has 1 amide bonds. The van der Waals surface area contributed by atoms with Crippen molar-refractivity contribution in [2.75, 3.05) is 6.54 Å². The summed E-state index contributed by atoms with van der Waals surface area (Å²) in [5.41, 5.74) is 0. The first-order valence-corrected chi connectivity index (χ1v) is 7.16. The molecule has 0 aromatic rings.